The highest BCUT2D eigenvalue weighted by atomic mass is 35.5. The minimum absolute atomic E-state index is 0.0871. The predicted molar refractivity (Wildman–Crippen MR) is 73.2 cm³/mol. The second kappa shape index (κ2) is 6.37. The summed E-state index contributed by atoms with van der Waals surface area (Å²) in [6, 6.07) is 7.24. The fourth-order valence-corrected chi connectivity index (χ4v) is 2.68. The smallest absolute Gasteiger partial charge is 0.317 e. The van der Waals surface area contributed by atoms with Gasteiger partial charge in [-0.3, -0.25) is 9.69 Å². The standard InChI is InChI=1S/C14H18ClNO3/c15-12-3-1-10(2-4-12)14(19)11-5-7-16(8-6-11)9-13(17)18/h1-4,11,14,19H,5-9H2,(H,17,18)/t14-/m1/s1. The third kappa shape index (κ3) is 3.93. The van der Waals surface area contributed by atoms with Gasteiger partial charge in [-0.15, -0.1) is 0 Å². The number of nitrogens with zero attached hydrogens (tertiary/aromatic N) is 1. The highest BCUT2D eigenvalue weighted by Crippen LogP contribution is 2.31. The van der Waals surface area contributed by atoms with Crippen molar-refractivity contribution in [3.05, 3.63) is 34.9 Å². The molecule has 1 aromatic rings. The Hall–Kier alpha value is -1.10. The topological polar surface area (TPSA) is 60.8 Å². The van der Waals surface area contributed by atoms with E-state index in [2.05, 4.69) is 0 Å². The van der Waals surface area contributed by atoms with Gasteiger partial charge in [0.15, 0.2) is 0 Å². The van der Waals surface area contributed by atoms with Gasteiger partial charge in [0.1, 0.15) is 0 Å². The lowest BCUT2D eigenvalue weighted by Crippen LogP contribution is -2.38. The van der Waals surface area contributed by atoms with Crippen molar-refractivity contribution < 1.29 is 15.0 Å². The molecule has 1 aliphatic heterocycles. The van der Waals surface area contributed by atoms with Crippen molar-refractivity contribution in [2.24, 2.45) is 5.92 Å². The number of carboxylic acid groups (broad SMARTS) is 1. The van der Waals surface area contributed by atoms with E-state index in [4.69, 9.17) is 16.7 Å². The number of carboxylic acids is 1. The average Bonchev–Trinajstić information content (AvgIpc) is 2.39. The zero-order chi connectivity index (χ0) is 13.8. The van der Waals surface area contributed by atoms with Crippen LogP contribution < -0.4 is 0 Å². The molecule has 1 aliphatic rings. The molecule has 0 aliphatic carbocycles. The third-order valence-electron chi connectivity index (χ3n) is 3.65. The molecule has 0 radical (unpaired) electrons. The maximum atomic E-state index is 10.6. The van der Waals surface area contributed by atoms with Gasteiger partial charge >= 0.3 is 5.97 Å². The maximum absolute atomic E-state index is 10.6. The average molecular weight is 284 g/mol. The summed E-state index contributed by atoms with van der Waals surface area (Å²) in [5.74, 6) is -0.608. The van der Waals surface area contributed by atoms with Gasteiger partial charge < -0.3 is 10.2 Å². The molecule has 19 heavy (non-hydrogen) atoms. The van der Waals surface area contributed by atoms with Crippen molar-refractivity contribution in [1.82, 2.24) is 4.90 Å². The lowest BCUT2D eigenvalue weighted by molar-refractivity contribution is -0.138. The summed E-state index contributed by atoms with van der Waals surface area (Å²) in [6.07, 6.45) is 1.14. The van der Waals surface area contributed by atoms with E-state index in [0.717, 1.165) is 31.5 Å². The van der Waals surface area contributed by atoms with Crippen LogP contribution in [-0.4, -0.2) is 40.7 Å². The molecule has 1 saturated heterocycles. The summed E-state index contributed by atoms with van der Waals surface area (Å²) in [4.78, 5) is 12.5. The molecule has 2 N–H and O–H groups in total. The fourth-order valence-electron chi connectivity index (χ4n) is 2.55. The van der Waals surface area contributed by atoms with Crippen LogP contribution in [-0.2, 0) is 4.79 Å². The molecule has 0 unspecified atom stereocenters. The summed E-state index contributed by atoms with van der Waals surface area (Å²) in [5, 5.41) is 19.7. The summed E-state index contributed by atoms with van der Waals surface area (Å²) in [5.41, 5.74) is 0.876. The van der Waals surface area contributed by atoms with Gasteiger partial charge in [0.2, 0.25) is 0 Å². The number of carbonyl (C=O) groups is 1. The van der Waals surface area contributed by atoms with E-state index in [1.807, 2.05) is 17.0 Å². The number of rotatable bonds is 4. The van der Waals surface area contributed by atoms with Gasteiger partial charge in [0.05, 0.1) is 12.6 Å². The van der Waals surface area contributed by atoms with E-state index in [0.29, 0.717) is 5.02 Å². The number of hydrogen-bond donors (Lipinski definition) is 2. The number of aliphatic hydroxyl groups excluding tert-OH is 1. The van der Waals surface area contributed by atoms with Crippen LogP contribution in [0.4, 0.5) is 0 Å². The first-order chi connectivity index (χ1) is 9.06. The SMILES string of the molecule is O=C(O)CN1CCC([C@H](O)c2ccc(Cl)cc2)CC1. The van der Waals surface area contributed by atoms with E-state index in [-0.39, 0.29) is 12.5 Å². The number of benzene rings is 1. The van der Waals surface area contributed by atoms with Crippen molar-refractivity contribution >= 4 is 17.6 Å². The molecule has 1 heterocycles. The van der Waals surface area contributed by atoms with Crippen LogP contribution in [0.2, 0.25) is 5.02 Å². The molecule has 0 saturated carbocycles. The summed E-state index contributed by atoms with van der Waals surface area (Å²) >= 11 is 5.83. The van der Waals surface area contributed by atoms with Gasteiger partial charge in [-0.05, 0) is 49.5 Å². The van der Waals surface area contributed by atoms with Crippen LogP contribution in [0.1, 0.15) is 24.5 Å². The van der Waals surface area contributed by atoms with Crippen LogP contribution >= 0.6 is 11.6 Å². The van der Waals surface area contributed by atoms with Gasteiger partial charge in [0, 0.05) is 5.02 Å². The Morgan fingerprint density at radius 3 is 2.42 bits per heavy atom. The van der Waals surface area contributed by atoms with E-state index < -0.39 is 12.1 Å². The second-order valence-electron chi connectivity index (χ2n) is 5.00. The van der Waals surface area contributed by atoms with E-state index in [1.54, 1.807) is 12.1 Å². The molecule has 0 bridgehead atoms. The monoisotopic (exact) mass is 283 g/mol. The lowest BCUT2D eigenvalue weighted by atomic mass is 9.87. The first-order valence-corrected chi connectivity index (χ1v) is 6.81. The van der Waals surface area contributed by atoms with Crippen molar-refractivity contribution in [3.63, 3.8) is 0 Å². The first-order valence-electron chi connectivity index (χ1n) is 6.44. The number of hydrogen-bond acceptors (Lipinski definition) is 3. The summed E-state index contributed by atoms with van der Waals surface area (Å²) < 4.78 is 0. The van der Waals surface area contributed by atoms with Crippen molar-refractivity contribution in [1.29, 1.82) is 0 Å². The Balaban J connectivity index is 1.90. The molecular formula is C14H18ClNO3. The van der Waals surface area contributed by atoms with E-state index >= 15 is 0 Å². The summed E-state index contributed by atoms with van der Waals surface area (Å²) in [7, 11) is 0. The van der Waals surface area contributed by atoms with Gasteiger partial charge in [-0.1, -0.05) is 23.7 Å². The molecule has 0 amide bonds. The Bertz CT molecular complexity index is 427. The van der Waals surface area contributed by atoms with Gasteiger partial charge in [0.25, 0.3) is 0 Å². The molecule has 104 valence electrons. The Kier molecular flexibility index (Phi) is 4.80. The molecule has 1 atom stereocenters. The van der Waals surface area contributed by atoms with Crippen LogP contribution in [0, 0.1) is 5.92 Å². The van der Waals surface area contributed by atoms with Crippen molar-refractivity contribution in [2.45, 2.75) is 18.9 Å². The quantitative estimate of drug-likeness (QED) is 0.889. The van der Waals surface area contributed by atoms with Crippen LogP contribution in [0.5, 0.6) is 0 Å². The normalized spacial score (nSPS) is 19.3. The number of likely N-dealkylation sites (tertiary alicyclic amines) is 1. The minimum Gasteiger partial charge on any atom is -0.480 e. The Morgan fingerprint density at radius 1 is 1.32 bits per heavy atom. The highest BCUT2D eigenvalue weighted by Gasteiger charge is 2.26. The van der Waals surface area contributed by atoms with Crippen LogP contribution in [0.25, 0.3) is 0 Å². The Labute approximate surface area is 117 Å². The minimum atomic E-state index is -0.795. The molecule has 4 nitrogen and oxygen atoms in total. The number of aliphatic hydroxyl groups is 1. The van der Waals surface area contributed by atoms with E-state index in [9.17, 15) is 9.90 Å². The summed E-state index contributed by atoms with van der Waals surface area (Å²) in [6.45, 7) is 1.53. The molecule has 1 fully saturated rings. The van der Waals surface area contributed by atoms with Crippen molar-refractivity contribution in [2.75, 3.05) is 19.6 Å². The fraction of sp³-hybridized carbons (Fsp3) is 0.500. The van der Waals surface area contributed by atoms with E-state index in [1.165, 1.54) is 0 Å². The third-order valence-corrected chi connectivity index (χ3v) is 3.90. The number of halogens is 1. The molecule has 0 aromatic heterocycles. The number of piperidine rings is 1. The lowest BCUT2D eigenvalue weighted by Gasteiger charge is -2.33. The molecule has 1 aromatic carbocycles. The van der Waals surface area contributed by atoms with Crippen LogP contribution in [0.3, 0.4) is 0 Å². The van der Waals surface area contributed by atoms with Crippen molar-refractivity contribution in [3.8, 4) is 0 Å². The molecule has 5 heteroatoms. The number of aliphatic carboxylic acids is 1. The Morgan fingerprint density at radius 2 is 1.89 bits per heavy atom. The zero-order valence-corrected chi connectivity index (χ0v) is 11.4. The molecule has 2 rings (SSSR count). The maximum Gasteiger partial charge on any atom is 0.317 e. The zero-order valence-electron chi connectivity index (χ0n) is 10.6. The second-order valence-corrected chi connectivity index (χ2v) is 5.44. The predicted octanol–water partition coefficient (Wildman–Crippen LogP) is 2.17. The van der Waals surface area contributed by atoms with Crippen LogP contribution in [0.15, 0.2) is 24.3 Å². The van der Waals surface area contributed by atoms with Gasteiger partial charge in [-0.2, -0.15) is 0 Å². The largest absolute Gasteiger partial charge is 0.480 e. The highest BCUT2D eigenvalue weighted by molar-refractivity contribution is 6.30. The molecular weight excluding hydrogens is 266 g/mol. The molecule has 0 spiro atoms. The van der Waals surface area contributed by atoms with Gasteiger partial charge in [-0.25, -0.2) is 0 Å². The first kappa shape index (κ1) is 14.3.